The van der Waals surface area contributed by atoms with Gasteiger partial charge in [0.05, 0.1) is 7.11 Å². The lowest BCUT2D eigenvalue weighted by molar-refractivity contribution is 0.102. The molecule has 2 aromatic rings. The van der Waals surface area contributed by atoms with Gasteiger partial charge in [0.1, 0.15) is 5.56 Å². The largest absolute Gasteiger partial charge is 0.480 e. The van der Waals surface area contributed by atoms with Gasteiger partial charge in [-0.05, 0) is 36.4 Å². The maximum Gasteiger partial charge on any atom is 0.261 e. The second-order valence-electron chi connectivity index (χ2n) is 3.64. The smallest absolute Gasteiger partial charge is 0.261 e. The molecule has 1 aromatic carbocycles. The Labute approximate surface area is 105 Å². The summed E-state index contributed by atoms with van der Waals surface area (Å²) >= 11 is 0. The van der Waals surface area contributed by atoms with Crippen LogP contribution in [0, 0.1) is 0 Å². The molecule has 0 fully saturated rings. The van der Waals surface area contributed by atoms with E-state index in [9.17, 15) is 4.79 Å². The lowest BCUT2D eigenvalue weighted by Crippen LogP contribution is -2.13. The van der Waals surface area contributed by atoms with Gasteiger partial charge >= 0.3 is 0 Å². The first-order chi connectivity index (χ1) is 8.70. The van der Waals surface area contributed by atoms with Gasteiger partial charge in [-0.25, -0.2) is 4.98 Å². The summed E-state index contributed by atoms with van der Waals surface area (Å²) in [6.07, 6.45) is 1.57. The molecule has 0 aliphatic rings. The molecular weight excluding hydrogens is 230 g/mol. The molecule has 18 heavy (non-hydrogen) atoms. The zero-order chi connectivity index (χ0) is 13.0. The van der Waals surface area contributed by atoms with Crippen molar-refractivity contribution in [2.75, 3.05) is 18.2 Å². The molecular formula is C13H13N3O2. The number of amides is 1. The van der Waals surface area contributed by atoms with E-state index >= 15 is 0 Å². The maximum atomic E-state index is 12.0. The average Bonchev–Trinajstić information content (AvgIpc) is 2.41. The van der Waals surface area contributed by atoms with E-state index in [0.717, 1.165) is 0 Å². The van der Waals surface area contributed by atoms with Crippen molar-refractivity contribution < 1.29 is 9.53 Å². The highest BCUT2D eigenvalue weighted by molar-refractivity contribution is 6.05. The Balaban J connectivity index is 2.19. The molecule has 5 heteroatoms. The number of methoxy groups -OCH3 is 1. The summed E-state index contributed by atoms with van der Waals surface area (Å²) < 4.78 is 5.03. The van der Waals surface area contributed by atoms with Gasteiger partial charge in [-0.2, -0.15) is 0 Å². The third-order valence-electron chi connectivity index (χ3n) is 2.38. The number of carbonyl (C=O) groups excluding carboxylic acids is 1. The molecule has 0 spiro atoms. The Morgan fingerprint density at radius 1 is 1.28 bits per heavy atom. The van der Waals surface area contributed by atoms with E-state index < -0.39 is 0 Å². The summed E-state index contributed by atoms with van der Waals surface area (Å²) in [7, 11) is 1.47. The fourth-order valence-corrected chi connectivity index (χ4v) is 1.49. The van der Waals surface area contributed by atoms with Crippen molar-refractivity contribution in [2.24, 2.45) is 0 Å². The number of benzene rings is 1. The number of anilines is 2. The normalized spacial score (nSPS) is 9.83. The van der Waals surface area contributed by atoms with Crippen LogP contribution in [0.3, 0.4) is 0 Å². The molecule has 0 saturated heterocycles. The predicted molar refractivity (Wildman–Crippen MR) is 69.6 cm³/mol. The number of nitrogens with zero attached hydrogens (tertiary/aromatic N) is 1. The Bertz CT molecular complexity index is 552. The van der Waals surface area contributed by atoms with Gasteiger partial charge in [-0.3, -0.25) is 4.79 Å². The van der Waals surface area contributed by atoms with E-state index in [1.807, 2.05) is 0 Å². The quantitative estimate of drug-likeness (QED) is 0.807. The van der Waals surface area contributed by atoms with Crippen LogP contribution in [0.15, 0.2) is 42.6 Å². The molecule has 0 saturated carbocycles. The molecule has 0 radical (unpaired) electrons. The molecule has 92 valence electrons. The highest BCUT2D eigenvalue weighted by Crippen LogP contribution is 2.17. The van der Waals surface area contributed by atoms with Crippen molar-refractivity contribution in [3.05, 3.63) is 48.2 Å². The van der Waals surface area contributed by atoms with E-state index in [0.29, 0.717) is 22.8 Å². The molecule has 1 heterocycles. The third-order valence-corrected chi connectivity index (χ3v) is 2.38. The Kier molecular flexibility index (Phi) is 3.43. The van der Waals surface area contributed by atoms with Crippen LogP contribution in [-0.2, 0) is 0 Å². The molecule has 0 aliphatic carbocycles. The standard InChI is InChI=1S/C13H13N3O2/c1-18-13-11(3-2-8-15-13)12(17)16-10-6-4-9(14)5-7-10/h2-8H,14H2,1H3,(H,16,17). The summed E-state index contributed by atoms with van der Waals surface area (Å²) in [6.45, 7) is 0. The lowest BCUT2D eigenvalue weighted by Gasteiger charge is -2.08. The van der Waals surface area contributed by atoms with Crippen LogP contribution in [0.5, 0.6) is 5.88 Å². The van der Waals surface area contributed by atoms with Crippen molar-refractivity contribution in [1.29, 1.82) is 0 Å². The zero-order valence-electron chi connectivity index (χ0n) is 9.88. The van der Waals surface area contributed by atoms with E-state index in [-0.39, 0.29) is 5.91 Å². The molecule has 1 aromatic heterocycles. The van der Waals surface area contributed by atoms with Gasteiger partial charge in [0.25, 0.3) is 5.91 Å². The van der Waals surface area contributed by atoms with Crippen molar-refractivity contribution in [3.63, 3.8) is 0 Å². The minimum absolute atomic E-state index is 0.273. The number of pyridine rings is 1. The summed E-state index contributed by atoms with van der Waals surface area (Å²) in [5, 5.41) is 2.75. The Hall–Kier alpha value is -2.56. The molecule has 0 aliphatic heterocycles. The number of hydrogen-bond donors (Lipinski definition) is 2. The van der Waals surface area contributed by atoms with Crippen molar-refractivity contribution in [2.45, 2.75) is 0 Å². The van der Waals surface area contributed by atoms with Crippen LogP contribution in [-0.4, -0.2) is 18.0 Å². The first-order valence-electron chi connectivity index (χ1n) is 5.36. The van der Waals surface area contributed by atoms with Crippen LogP contribution in [0.25, 0.3) is 0 Å². The number of nitrogens with one attached hydrogen (secondary N) is 1. The average molecular weight is 243 g/mol. The third kappa shape index (κ3) is 2.57. The van der Waals surface area contributed by atoms with Crippen molar-refractivity contribution in [3.8, 4) is 5.88 Å². The highest BCUT2D eigenvalue weighted by atomic mass is 16.5. The fourth-order valence-electron chi connectivity index (χ4n) is 1.49. The minimum Gasteiger partial charge on any atom is -0.480 e. The van der Waals surface area contributed by atoms with E-state index in [4.69, 9.17) is 10.5 Å². The molecule has 1 amide bonds. The first kappa shape index (κ1) is 11.9. The number of carbonyl (C=O) groups is 1. The topological polar surface area (TPSA) is 77.2 Å². The Morgan fingerprint density at radius 3 is 2.67 bits per heavy atom. The second kappa shape index (κ2) is 5.18. The van der Waals surface area contributed by atoms with E-state index in [2.05, 4.69) is 10.3 Å². The lowest BCUT2D eigenvalue weighted by atomic mass is 10.2. The number of nitrogen functional groups attached to an aromatic ring is 1. The second-order valence-corrected chi connectivity index (χ2v) is 3.64. The fraction of sp³-hybridized carbons (Fsp3) is 0.0769. The summed E-state index contributed by atoms with van der Waals surface area (Å²) in [5.74, 6) is 0.0233. The molecule has 0 bridgehead atoms. The molecule has 3 N–H and O–H groups in total. The number of ether oxygens (including phenoxy) is 1. The van der Waals surface area contributed by atoms with Crippen LogP contribution in [0.1, 0.15) is 10.4 Å². The molecule has 0 atom stereocenters. The van der Waals surface area contributed by atoms with Crippen molar-refractivity contribution in [1.82, 2.24) is 4.98 Å². The van der Waals surface area contributed by atoms with Gasteiger partial charge < -0.3 is 15.8 Å². The van der Waals surface area contributed by atoms with Crippen LogP contribution in [0.2, 0.25) is 0 Å². The Morgan fingerprint density at radius 2 is 2.00 bits per heavy atom. The summed E-state index contributed by atoms with van der Waals surface area (Å²) in [4.78, 5) is 16.0. The van der Waals surface area contributed by atoms with Gasteiger partial charge in [-0.1, -0.05) is 0 Å². The monoisotopic (exact) mass is 243 g/mol. The number of rotatable bonds is 3. The van der Waals surface area contributed by atoms with E-state index in [1.54, 1.807) is 42.6 Å². The molecule has 0 unspecified atom stereocenters. The van der Waals surface area contributed by atoms with Crippen molar-refractivity contribution >= 4 is 17.3 Å². The van der Waals surface area contributed by atoms with E-state index in [1.165, 1.54) is 7.11 Å². The molecule has 2 rings (SSSR count). The van der Waals surface area contributed by atoms with Crippen LogP contribution in [0.4, 0.5) is 11.4 Å². The van der Waals surface area contributed by atoms with Gasteiger partial charge in [0.2, 0.25) is 5.88 Å². The number of nitrogens with two attached hydrogens (primary N) is 1. The summed E-state index contributed by atoms with van der Waals surface area (Å²) in [5.41, 5.74) is 7.27. The molecule has 5 nitrogen and oxygen atoms in total. The van der Waals surface area contributed by atoms with Crippen LogP contribution < -0.4 is 15.8 Å². The predicted octanol–water partition coefficient (Wildman–Crippen LogP) is 1.92. The summed E-state index contributed by atoms with van der Waals surface area (Å²) in [6, 6.07) is 10.2. The SMILES string of the molecule is COc1ncccc1C(=O)Nc1ccc(N)cc1. The van der Waals surface area contributed by atoms with Gasteiger partial charge in [0.15, 0.2) is 0 Å². The van der Waals surface area contributed by atoms with Crippen LogP contribution >= 0.6 is 0 Å². The van der Waals surface area contributed by atoms with Gasteiger partial charge in [-0.15, -0.1) is 0 Å². The number of aromatic nitrogens is 1. The zero-order valence-corrected chi connectivity index (χ0v) is 9.88. The first-order valence-corrected chi connectivity index (χ1v) is 5.36. The number of hydrogen-bond acceptors (Lipinski definition) is 4. The maximum absolute atomic E-state index is 12.0. The highest BCUT2D eigenvalue weighted by Gasteiger charge is 2.12. The van der Waals surface area contributed by atoms with Gasteiger partial charge in [0, 0.05) is 17.6 Å². The minimum atomic E-state index is -0.273.